The van der Waals surface area contributed by atoms with Gasteiger partial charge in [-0.1, -0.05) is 42.5 Å². The molecule has 5 nitrogen and oxygen atoms in total. The highest BCUT2D eigenvalue weighted by Crippen LogP contribution is 2.18. The third-order valence-electron chi connectivity index (χ3n) is 6.07. The molecule has 2 aliphatic heterocycles. The van der Waals surface area contributed by atoms with Gasteiger partial charge in [0.25, 0.3) is 0 Å². The van der Waals surface area contributed by atoms with Crippen LogP contribution in [0.5, 0.6) is 0 Å². The molecule has 2 aromatic carbocycles. The number of hydrogen-bond acceptors (Lipinski definition) is 4. The summed E-state index contributed by atoms with van der Waals surface area (Å²) in [5.74, 6) is 0.286. The van der Waals surface area contributed by atoms with Crippen molar-refractivity contribution >= 4 is 11.6 Å². The number of piperazine rings is 2. The van der Waals surface area contributed by atoms with E-state index in [0.717, 1.165) is 58.9 Å². The van der Waals surface area contributed by atoms with Gasteiger partial charge in [0, 0.05) is 64.6 Å². The van der Waals surface area contributed by atoms with Crippen LogP contribution in [0.3, 0.4) is 0 Å². The van der Waals surface area contributed by atoms with Crippen molar-refractivity contribution in [2.24, 2.45) is 0 Å². The Hall–Kier alpha value is -2.37. The van der Waals surface area contributed by atoms with Crippen molar-refractivity contribution in [1.29, 1.82) is 0 Å². The Balaban J connectivity index is 1.20. The van der Waals surface area contributed by atoms with Crippen molar-refractivity contribution in [3.63, 3.8) is 0 Å². The first-order chi connectivity index (χ1) is 14.2. The standard InChI is InChI=1S/C24H32N4O/c1-21-6-5-9-23(18-21)27-14-10-26(11-15-27)20-24(29)28-16-12-25(13-17-28)19-22-7-3-2-4-8-22/h2-9,18H,10-17,19-20H2,1H3. The van der Waals surface area contributed by atoms with Crippen LogP contribution in [0.15, 0.2) is 54.6 Å². The Bertz CT molecular complexity index is 794. The molecule has 2 fully saturated rings. The Kier molecular flexibility index (Phi) is 6.47. The first kappa shape index (κ1) is 19.9. The maximum Gasteiger partial charge on any atom is 0.236 e. The molecule has 4 rings (SSSR count). The molecule has 0 aromatic heterocycles. The quantitative estimate of drug-likeness (QED) is 0.782. The van der Waals surface area contributed by atoms with Gasteiger partial charge in [0.2, 0.25) is 5.91 Å². The zero-order valence-electron chi connectivity index (χ0n) is 17.5. The lowest BCUT2D eigenvalue weighted by Crippen LogP contribution is -2.53. The Morgan fingerprint density at radius 3 is 2.17 bits per heavy atom. The Labute approximate surface area is 174 Å². The minimum Gasteiger partial charge on any atom is -0.369 e. The van der Waals surface area contributed by atoms with Gasteiger partial charge in [-0.25, -0.2) is 0 Å². The van der Waals surface area contributed by atoms with Crippen LogP contribution in [0.25, 0.3) is 0 Å². The summed E-state index contributed by atoms with van der Waals surface area (Å²) < 4.78 is 0. The van der Waals surface area contributed by atoms with E-state index in [1.54, 1.807) is 0 Å². The van der Waals surface area contributed by atoms with E-state index in [2.05, 4.69) is 81.1 Å². The number of carbonyl (C=O) groups is 1. The number of amides is 1. The fraction of sp³-hybridized carbons (Fsp3) is 0.458. The highest BCUT2D eigenvalue weighted by atomic mass is 16.2. The number of carbonyl (C=O) groups excluding carboxylic acids is 1. The molecule has 0 aliphatic carbocycles. The van der Waals surface area contributed by atoms with Gasteiger partial charge in [-0.2, -0.15) is 0 Å². The SMILES string of the molecule is Cc1cccc(N2CCN(CC(=O)N3CCN(Cc4ccccc4)CC3)CC2)c1. The number of benzene rings is 2. The van der Waals surface area contributed by atoms with E-state index in [-0.39, 0.29) is 5.91 Å². The van der Waals surface area contributed by atoms with Crippen LogP contribution in [-0.4, -0.2) is 79.5 Å². The van der Waals surface area contributed by atoms with Crippen molar-refractivity contribution in [3.05, 3.63) is 65.7 Å². The smallest absolute Gasteiger partial charge is 0.236 e. The monoisotopic (exact) mass is 392 g/mol. The lowest BCUT2D eigenvalue weighted by molar-refractivity contribution is -0.134. The van der Waals surface area contributed by atoms with Gasteiger partial charge in [0.15, 0.2) is 0 Å². The van der Waals surface area contributed by atoms with Crippen LogP contribution in [0.1, 0.15) is 11.1 Å². The predicted octanol–water partition coefficient (Wildman–Crippen LogP) is 2.46. The molecule has 154 valence electrons. The summed E-state index contributed by atoms with van der Waals surface area (Å²) in [6.07, 6.45) is 0. The summed E-state index contributed by atoms with van der Waals surface area (Å²) in [5.41, 5.74) is 3.94. The van der Waals surface area contributed by atoms with Crippen molar-refractivity contribution in [2.75, 3.05) is 63.8 Å². The number of nitrogens with zero attached hydrogens (tertiary/aromatic N) is 4. The molecule has 0 radical (unpaired) electrons. The summed E-state index contributed by atoms with van der Waals surface area (Å²) in [6, 6.07) is 19.3. The molecule has 2 aliphatic rings. The summed E-state index contributed by atoms with van der Waals surface area (Å²) in [5, 5.41) is 0. The average Bonchev–Trinajstić information content (AvgIpc) is 2.75. The zero-order valence-corrected chi connectivity index (χ0v) is 17.5. The van der Waals surface area contributed by atoms with Gasteiger partial charge in [0.1, 0.15) is 0 Å². The Morgan fingerprint density at radius 2 is 1.48 bits per heavy atom. The van der Waals surface area contributed by atoms with Crippen molar-refractivity contribution in [1.82, 2.24) is 14.7 Å². The second-order valence-electron chi connectivity index (χ2n) is 8.24. The van der Waals surface area contributed by atoms with E-state index in [0.29, 0.717) is 6.54 Å². The predicted molar refractivity (Wildman–Crippen MR) is 118 cm³/mol. The molecule has 2 aromatic rings. The maximum absolute atomic E-state index is 12.8. The van der Waals surface area contributed by atoms with Gasteiger partial charge in [-0.15, -0.1) is 0 Å². The van der Waals surface area contributed by atoms with Gasteiger partial charge in [-0.3, -0.25) is 14.6 Å². The Morgan fingerprint density at radius 1 is 0.793 bits per heavy atom. The van der Waals surface area contributed by atoms with E-state index in [1.807, 2.05) is 0 Å². The van der Waals surface area contributed by atoms with Crippen LogP contribution in [-0.2, 0) is 11.3 Å². The normalized spacial score (nSPS) is 18.8. The molecule has 2 heterocycles. The van der Waals surface area contributed by atoms with Gasteiger partial charge >= 0.3 is 0 Å². The largest absolute Gasteiger partial charge is 0.369 e. The number of anilines is 1. The van der Waals surface area contributed by atoms with Gasteiger partial charge in [0.05, 0.1) is 6.54 Å². The molecule has 5 heteroatoms. The highest BCUT2D eigenvalue weighted by molar-refractivity contribution is 5.78. The number of rotatable bonds is 5. The molecule has 0 N–H and O–H groups in total. The number of aryl methyl sites for hydroxylation is 1. The van der Waals surface area contributed by atoms with Crippen LogP contribution >= 0.6 is 0 Å². The molecule has 0 spiro atoms. The van der Waals surface area contributed by atoms with Crippen molar-refractivity contribution in [3.8, 4) is 0 Å². The van der Waals surface area contributed by atoms with E-state index in [4.69, 9.17) is 0 Å². The third-order valence-corrected chi connectivity index (χ3v) is 6.07. The van der Waals surface area contributed by atoms with Gasteiger partial charge in [-0.05, 0) is 30.2 Å². The molecule has 2 saturated heterocycles. The molecule has 29 heavy (non-hydrogen) atoms. The molecule has 0 saturated carbocycles. The second-order valence-corrected chi connectivity index (χ2v) is 8.24. The lowest BCUT2D eigenvalue weighted by Gasteiger charge is -2.38. The first-order valence-electron chi connectivity index (χ1n) is 10.8. The summed E-state index contributed by atoms with van der Waals surface area (Å²) in [7, 11) is 0. The first-order valence-corrected chi connectivity index (χ1v) is 10.8. The van der Waals surface area contributed by atoms with Crippen LogP contribution in [0.2, 0.25) is 0 Å². The van der Waals surface area contributed by atoms with Gasteiger partial charge < -0.3 is 9.80 Å². The highest BCUT2D eigenvalue weighted by Gasteiger charge is 2.24. The van der Waals surface area contributed by atoms with E-state index in [9.17, 15) is 4.79 Å². The average molecular weight is 393 g/mol. The third kappa shape index (κ3) is 5.37. The summed E-state index contributed by atoms with van der Waals surface area (Å²) in [4.78, 5) is 22.0. The van der Waals surface area contributed by atoms with Crippen LogP contribution in [0, 0.1) is 6.92 Å². The fourth-order valence-corrected chi connectivity index (χ4v) is 4.28. The minimum absolute atomic E-state index is 0.286. The summed E-state index contributed by atoms with van der Waals surface area (Å²) in [6.45, 7) is 11.2. The molecule has 0 unspecified atom stereocenters. The fourth-order valence-electron chi connectivity index (χ4n) is 4.28. The van der Waals surface area contributed by atoms with E-state index >= 15 is 0 Å². The lowest BCUT2D eigenvalue weighted by atomic mass is 10.2. The molecule has 0 bridgehead atoms. The van der Waals surface area contributed by atoms with Crippen molar-refractivity contribution in [2.45, 2.75) is 13.5 Å². The van der Waals surface area contributed by atoms with Crippen LogP contribution in [0.4, 0.5) is 5.69 Å². The molecule has 0 atom stereocenters. The van der Waals surface area contributed by atoms with Crippen LogP contribution < -0.4 is 4.90 Å². The van der Waals surface area contributed by atoms with E-state index < -0.39 is 0 Å². The minimum atomic E-state index is 0.286. The number of hydrogen-bond donors (Lipinski definition) is 0. The topological polar surface area (TPSA) is 30.0 Å². The molecular formula is C24H32N4O. The van der Waals surface area contributed by atoms with E-state index in [1.165, 1.54) is 16.8 Å². The molecular weight excluding hydrogens is 360 g/mol. The summed E-state index contributed by atoms with van der Waals surface area (Å²) >= 11 is 0. The maximum atomic E-state index is 12.8. The second kappa shape index (κ2) is 9.42. The van der Waals surface area contributed by atoms with Crippen molar-refractivity contribution < 1.29 is 4.79 Å². The molecule has 1 amide bonds. The zero-order chi connectivity index (χ0) is 20.1.